The maximum absolute atomic E-state index is 12.4. The van der Waals surface area contributed by atoms with Crippen LogP contribution in [0, 0.1) is 0 Å². The minimum Gasteiger partial charge on any atom is -0.376 e. The first kappa shape index (κ1) is 19.2. The van der Waals surface area contributed by atoms with E-state index in [0.29, 0.717) is 36.1 Å². The van der Waals surface area contributed by atoms with Crippen LogP contribution in [0.25, 0.3) is 0 Å². The first-order valence-corrected chi connectivity index (χ1v) is 9.65. The largest absolute Gasteiger partial charge is 0.376 e. The Balaban J connectivity index is 1.72. The Kier molecular flexibility index (Phi) is 6.57. The lowest BCUT2D eigenvalue weighted by Gasteiger charge is -2.25. The van der Waals surface area contributed by atoms with Crippen LogP contribution in [0.15, 0.2) is 30.6 Å². The summed E-state index contributed by atoms with van der Waals surface area (Å²) in [4.78, 5) is 18.7. The molecule has 2 aromatic rings. The van der Waals surface area contributed by atoms with Gasteiger partial charge in [0, 0.05) is 38.5 Å². The van der Waals surface area contributed by atoms with E-state index in [9.17, 15) is 4.79 Å². The molecule has 0 bridgehead atoms. The van der Waals surface area contributed by atoms with E-state index in [2.05, 4.69) is 4.98 Å². The van der Waals surface area contributed by atoms with Crippen LogP contribution in [0.3, 0.4) is 0 Å². The van der Waals surface area contributed by atoms with Crippen molar-refractivity contribution >= 4 is 29.1 Å². The van der Waals surface area contributed by atoms with Gasteiger partial charge in [-0.3, -0.25) is 4.79 Å². The van der Waals surface area contributed by atoms with Gasteiger partial charge in [-0.2, -0.15) is 0 Å². The number of nitrogens with zero attached hydrogens (tertiary/aromatic N) is 3. The first-order valence-electron chi connectivity index (χ1n) is 8.90. The van der Waals surface area contributed by atoms with Gasteiger partial charge in [-0.05, 0) is 30.5 Å². The molecule has 0 unspecified atom stereocenters. The molecule has 0 radical (unpaired) electrons. The van der Waals surface area contributed by atoms with Crippen LogP contribution in [0.1, 0.15) is 37.6 Å². The van der Waals surface area contributed by atoms with Crippen LogP contribution >= 0.6 is 23.2 Å². The van der Waals surface area contributed by atoms with Crippen molar-refractivity contribution in [1.29, 1.82) is 0 Å². The summed E-state index contributed by atoms with van der Waals surface area (Å²) in [5, 5.41) is 1.07. The van der Waals surface area contributed by atoms with Crippen LogP contribution in [-0.4, -0.2) is 39.6 Å². The smallest absolute Gasteiger partial charge is 0.222 e. The summed E-state index contributed by atoms with van der Waals surface area (Å²) in [6.07, 6.45) is 6.34. The fraction of sp³-hybridized carbons (Fsp3) is 0.474. The first-order chi connectivity index (χ1) is 12.6. The molecule has 140 valence electrons. The van der Waals surface area contributed by atoms with Gasteiger partial charge in [-0.25, -0.2) is 4.98 Å². The number of halogens is 2. The van der Waals surface area contributed by atoms with Crippen molar-refractivity contribution in [2.75, 3.05) is 13.2 Å². The number of hydrogen-bond acceptors (Lipinski definition) is 3. The Morgan fingerprint density at radius 2 is 2.23 bits per heavy atom. The summed E-state index contributed by atoms with van der Waals surface area (Å²) >= 11 is 12.1. The molecule has 1 aliphatic heterocycles. The molecule has 0 saturated carbocycles. The summed E-state index contributed by atoms with van der Waals surface area (Å²) in [6, 6.07) is 5.59. The van der Waals surface area contributed by atoms with E-state index in [1.807, 2.05) is 34.7 Å². The van der Waals surface area contributed by atoms with Gasteiger partial charge >= 0.3 is 0 Å². The van der Waals surface area contributed by atoms with E-state index >= 15 is 0 Å². The van der Waals surface area contributed by atoms with Gasteiger partial charge in [-0.15, -0.1) is 0 Å². The van der Waals surface area contributed by atoms with E-state index in [1.165, 1.54) is 0 Å². The molecule has 1 aliphatic rings. The van der Waals surface area contributed by atoms with Crippen LogP contribution in [0.2, 0.25) is 10.0 Å². The number of rotatable bonds is 7. The highest BCUT2D eigenvalue weighted by atomic mass is 35.5. The lowest BCUT2D eigenvalue weighted by molar-refractivity contribution is -0.133. The van der Waals surface area contributed by atoms with Crippen LogP contribution in [0.4, 0.5) is 0 Å². The van der Waals surface area contributed by atoms with Gasteiger partial charge in [-0.1, -0.05) is 36.2 Å². The number of ether oxygens (including phenoxy) is 1. The molecule has 1 aromatic carbocycles. The molecule has 1 saturated heterocycles. The van der Waals surface area contributed by atoms with Gasteiger partial charge < -0.3 is 14.2 Å². The second kappa shape index (κ2) is 8.89. The third-order valence-electron chi connectivity index (χ3n) is 4.57. The molecule has 3 rings (SSSR count). The van der Waals surface area contributed by atoms with Crippen molar-refractivity contribution in [3.8, 4) is 0 Å². The predicted molar refractivity (Wildman–Crippen MR) is 102 cm³/mol. The van der Waals surface area contributed by atoms with Crippen molar-refractivity contribution < 1.29 is 9.53 Å². The average Bonchev–Trinajstić information content (AvgIpc) is 3.29. The predicted octanol–water partition coefficient (Wildman–Crippen LogP) is 4.16. The SMILES string of the molecule is CCC(=O)N(Cc1nccn1Cc1ccc(Cl)c(Cl)c1)C[C@@H]1CCCO1. The Morgan fingerprint density at radius 1 is 1.38 bits per heavy atom. The molecule has 2 heterocycles. The number of carbonyl (C=O) groups is 1. The van der Waals surface area contributed by atoms with Crippen LogP contribution in [0.5, 0.6) is 0 Å². The van der Waals surface area contributed by atoms with Crippen molar-refractivity contribution in [3.05, 3.63) is 52.0 Å². The normalized spacial score (nSPS) is 16.8. The van der Waals surface area contributed by atoms with Gasteiger partial charge in [0.2, 0.25) is 5.91 Å². The third-order valence-corrected chi connectivity index (χ3v) is 5.31. The Morgan fingerprint density at radius 3 is 2.92 bits per heavy atom. The van der Waals surface area contributed by atoms with E-state index in [0.717, 1.165) is 30.8 Å². The molecule has 1 fully saturated rings. The van der Waals surface area contributed by atoms with Gasteiger partial charge in [0.15, 0.2) is 0 Å². The summed E-state index contributed by atoms with van der Waals surface area (Å²) in [7, 11) is 0. The van der Waals surface area contributed by atoms with Gasteiger partial charge in [0.1, 0.15) is 5.82 Å². The summed E-state index contributed by atoms with van der Waals surface area (Å²) in [5.41, 5.74) is 1.03. The average molecular weight is 396 g/mol. The van der Waals surface area contributed by atoms with Crippen LogP contribution < -0.4 is 0 Å². The second-order valence-corrected chi connectivity index (χ2v) is 7.30. The molecule has 1 atom stereocenters. The Labute approximate surface area is 163 Å². The lowest BCUT2D eigenvalue weighted by Crippen LogP contribution is -2.37. The maximum atomic E-state index is 12.4. The van der Waals surface area contributed by atoms with E-state index in [1.54, 1.807) is 12.3 Å². The number of imidazole rings is 1. The van der Waals surface area contributed by atoms with Crippen molar-refractivity contribution in [2.24, 2.45) is 0 Å². The highest BCUT2D eigenvalue weighted by Gasteiger charge is 2.23. The molecule has 1 amide bonds. The zero-order valence-electron chi connectivity index (χ0n) is 14.8. The maximum Gasteiger partial charge on any atom is 0.222 e. The standard InChI is InChI=1S/C19H23Cl2N3O2/c1-2-19(25)24(12-15-4-3-9-26-15)13-18-22-7-8-23(18)11-14-5-6-16(20)17(21)10-14/h5-8,10,15H,2-4,9,11-13H2,1H3/t15-/m0/s1. The number of carbonyl (C=O) groups excluding carboxylic acids is 1. The van der Waals surface area contributed by atoms with Gasteiger partial charge in [0.05, 0.1) is 22.7 Å². The minimum atomic E-state index is 0.115. The Bertz CT molecular complexity index is 757. The number of benzene rings is 1. The minimum absolute atomic E-state index is 0.115. The molecule has 26 heavy (non-hydrogen) atoms. The molecule has 0 aliphatic carbocycles. The van der Waals surface area contributed by atoms with E-state index in [-0.39, 0.29) is 12.0 Å². The zero-order valence-corrected chi connectivity index (χ0v) is 16.3. The van der Waals surface area contributed by atoms with E-state index < -0.39 is 0 Å². The monoisotopic (exact) mass is 395 g/mol. The lowest BCUT2D eigenvalue weighted by atomic mass is 10.2. The fourth-order valence-corrected chi connectivity index (χ4v) is 3.47. The Hall–Kier alpha value is -1.56. The highest BCUT2D eigenvalue weighted by molar-refractivity contribution is 6.42. The van der Waals surface area contributed by atoms with Crippen molar-refractivity contribution in [2.45, 2.75) is 45.4 Å². The second-order valence-electron chi connectivity index (χ2n) is 6.48. The number of aromatic nitrogens is 2. The molecule has 0 spiro atoms. The van der Waals surface area contributed by atoms with Crippen molar-refractivity contribution in [3.63, 3.8) is 0 Å². The fourth-order valence-electron chi connectivity index (χ4n) is 3.15. The topological polar surface area (TPSA) is 47.4 Å². The molecule has 5 nitrogen and oxygen atoms in total. The van der Waals surface area contributed by atoms with Crippen molar-refractivity contribution in [1.82, 2.24) is 14.5 Å². The molecule has 7 heteroatoms. The number of hydrogen-bond donors (Lipinski definition) is 0. The summed E-state index contributed by atoms with van der Waals surface area (Å²) < 4.78 is 7.73. The van der Waals surface area contributed by atoms with Gasteiger partial charge in [0.25, 0.3) is 0 Å². The summed E-state index contributed by atoms with van der Waals surface area (Å²) in [6.45, 7) is 4.38. The number of amides is 1. The van der Waals surface area contributed by atoms with E-state index in [4.69, 9.17) is 27.9 Å². The quantitative estimate of drug-likeness (QED) is 0.706. The molecule has 1 aromatic heterocycles. The van der Waals surface area contributed by atoms with Crippen LogP contribution in [-0.2, 0) is 22.6 Å². The summed E-state index contributed by atoms with van der Waals surface area (Å²) in [5.74, 6) is 0.959. The molecule has 0 N–H and O–H groups in total. The third kappa shape index (κ3) is 4.78. The molecular formula is C19H23Cl2N3O2. The zero-order chi connectivity index (χ0) is 18.5. The molecular weight excluding hydrogens is 373 g/mol. The highest BCUT2D eigenvalue weighted by Crippen LogP contribution is 2.23.